The van der Waals surface area contributed by atoms with E-state index in [2.05, 4.69) is 0 Å². The lowest BCUT2D eigenvalue weighted by Gasteiger charge is -2.41. The number of rotatable bonds is 3. The van der Waals surface area contributed by atoms with Crippen molar-refractivity contribution in [2.24, 2.45) is 0 Å². The number of aliphatic hydroxyl groups is 1. The number of ketones is 1. The number of anilines is 1. The van der Waals surface area contributed by atoms with Crippen LogP contribution in [-0.4, -0.2) is 16.7 Å². The lowest BCUT2D eigenvalue weighted by atomic mass is 9.73. The first kappa shape index (κ1) is 22.2. The number of aryl methyl sites for hydroxylation is 1. The second-order valence-electron chi connectivity index (χ2n) is 8.77. The van der Waals surface area contributed by atoms with E-state index in [1.54, 1.807) is 12.1 Å². The van der Waals surface area contributed by atoms with Gasteiger partial charge in [-0.25, -0.2) is 0 Å². The molecule has 4 nitrogen and oxygen atoms in total. The van der Waals surface area contributed by atoms with Gasteiger partial charge >= 0.3 is 0 Å². The zero-order valence-electron chi connectivity index (χ0n) is 18.9. The summed E-state index contributed by atoms with van der Waals surface area (Å²) in [6, 6.07) is 24.5. The number of nitrogens with one attached hydrogen (secondary N) is 1. The van der Waals surface area contributed by atoms with Crippen molar-refractivity contribution in [2.75, 3.05) is 4.90 Å². The maximum atomic E-state index is 13.4. The number of halogens is 1. The van der Waals surface area contributed by atoms with Crippen LogP contribution in [0.15, 0.2) is 95.7 Å². The van der Waals surface area contributed by atoms with Crippen LogP contribution in [0.25, 0.3) is 5.76 Å². The van der Waals surface area contributed by atoms with Gasteiger partial charge in [-0.15, -0.1) is 0 Å². The van der Waals surface area contributed by atoms with Crippen LogP contribution in [0.5, 0.6) is 0 Å². The second kappa shape index (κ2) is 8.96. The molecule has 0 radical (unpaired) electrons. The van der Waals surface area contributed by atoms with E-state index >= 15 is 0 Å². The van der Waals surface area contributed by atoms with Crippen molar-refractivity contribution in [3.8, 4) is 0 Å². The Labute approximate surface area is 204 Å². The Bertz CT molecular complexity index is 1320. The molecule has 0 spiro atoms. The van der Waals surface area contributed by atoms with Crippen molar-refractivity contribution >= 4 is 34.7 Å². The van der Waals surface area contributed by atoms with Crippen molar-refractivity contribution in [1.82, 2.24) is 0 Å². The summed E-state index contributed by atoms with van der Waals surface area (Å²) in [4.78, 5) is 15.2. The van der Waals surface area contributed by atoms with E-state index in [0.717, 1.165) is 28.9 Å². The highest BCUT2D eigenvalue weighted by Gasteiger charge is 2.43. The van der Waals surface area contributed by atoms with Gasteiger partial charge in [-0.05, 0) is 49.6 Å². The third kappa shape index (κ3) is 3.84. The van der Waals surface area contributed by atoms with Crippen molar-refractivity contribution < 1.29 is 9.90 Å². The summed E-state index contributed by atoms with van der Waals surface area (Å²) in [5.41, 5.74) is 5.26. The minimum Gasteiger partial charge on any atom is -0.507 e. The number of Topliss-reactive ketones (excluding diaryl/α,β-unsaturated/α-hetero) is 1. The molecule has 5 rings (SSSR count). The molecule has 0 amide bonds. The lowest BCUT2D eigenvalue weighted by Crippen LogP contribution is -2.42. The van der Waals surface area contributed by atoms with Crippen LogP contribution in [0, 0.1) is 12.3 Å². The minimum atomic E-state index is -0.513. The molecule has 1 aliphatic carbocycles. The summed E-state index contributed by atoms with van der Waals surface area (Å²) >= 11 is 6.14. The van der Waals surface area contributed by atoms with E-state index in [0.29, 0.717) is 34.6 Å². The van der Waals surface area contributed by atoms with Crippen LogP contribution < -0.4 is 4.90 Å². The van der Waals surface area contributed by atoms with Gasteiger partial charge in [-0.3, -0.25) is 15.1 Å². The smallest absolute Gasteiger partial charge is 0.161 e. The largest absolute Gasteiger partial charge is 0.507 e. The average Bonchev–Trinajstić information content (AvgIpc) is 2.85. The van der Waals surface area contributed by atoms with Gasteiger partial charge < -0.3 is 5.11 Å². The molecule has 34 heavy (non-hydrogen) atoms. The first-order chi connectivity index (χ1) is 16.5. The molecule has 1 unspecified atom stereocenters. The molecule has 3 aromatic carbocycles. The normalized spacial score (nSPS) is 19.8. The van der Waals surface area contributed by atoms with Gasteiger partial charge in [0.2, 0.25) is 0 Å². The van der Waals surface area contributed by atoms with Gasteiger partial charge in [-0.2, -0.15) is 0 Å². The summed E-state index contributed by atoms with van der Waals surface area (Å²) in [5, 5.41) is 21.5. The average molecular weight is 469 g/mol. The molecule has 2 N–H and O–H groups in total. The Morgan fingerprint density at radius 2 is 1.65 bits per heavy atom. The molecular formula is C29H25ClN2O2. The number of amidine groups is 1. The summed E-state index contributed by atoms with van der Waals surface area (Å²) in [6.07, 6.45) is 1.88. The second-order valence-corrected chi connectivity index (χ2v) is 9.21. The minimum absolute atomic E-state index is 0.0164. The molecular weight excluding hydrogens is 444 g/mol. The van der Waals surface area contributed by atoms with E-state index in [4.69, 9.17) is 11.6 Å². The number of benzene rings is 3. The standard InChI is InChI=1S/C29H25ClN2O2/c1-18-10-12-20(13-11-18)28(34)27-25(19-6-3-2-4-7-19)26-23(8-5-9-24(26)33)32(29(27)31)22-16-14-21(30)15-17-22/h2-4,6-7,10-17,25,31,34H,5,8-9H2,1H3/b28-27+,31-29?. The number of hydrogen-bond acceptors (Lipinski definition) is 3. The van der Waals surface area contributed by atoms with Crippen LogP contribution in [-0.2, 0) is 4.79 Å². The van der Waals surface area contributed by atoms with Gasteiger partial charge in [0.1, 0.15) is 11.6 Å². The number of nitrogens with zero attached hydrogens (tertiary/aromatic N) is 1. The third-order valence-corrected chi connectivity index (χ3v) is 6.80. The maximum absolute atomic E-state index is 13.4. The van der Waals surface area contributed by atoms with Crippen LogP contribution in [0.3, 0.4) is 0 Å². The summed E-state index contributed by atoms with van der Waals surface area (Å²) in [5.74, 6) is -0.262. The van der Waals surface area contributed by atoms with Crippen molar-refractivity contribution in [2.45, 2.75) is 32.1 Å². The Morgan fingerprint density at radius 1 is 0.971 bits per heavy atom. The number of carbonyl (C=O) groups excluding carboxylic acids is 1. The van der Waals surface area contributed by atoms with Gasteiger partial charge in [0.05, 0.1) is 0 Å². The van der Waals surface area contributed by atoms with Gasteiger partial charge in [-0.1, -0.05) is 71.8 Å². The van der Waals surface area contributed by atoms with Crippen LogP contribution in [0.1, 0.15) is 41.9 Å². The topological polar surface area (TPSA) is 64.4 Å². The van der Waals surface area contributed by atoms with Crippen molar-refractivity contribution in [3.63, 3.8) is 0 Å². The van der Waals surface area contributed by atoms with Gasteiger partial charge in [0.25, 0.3) is 0 Å². The van der Waals surface area contributed by atoms with Gasteiger partial charge in [0.15, 0.2) is 5.78 Å². The molecule has 0 saturated heterocycles. The van der Waals surface area contributed by atoms with Crippen molar-refractivity contribution in [3.05, 3.63) is 117 Å². The highest BCUT2D eigenvalue weighted by Crippen LogP contribution is 2.47. The molecule has 0 aromatic heterocycles. The molecule has 170 valence electrons. The Morgan fingerprint density at radius 3 is 2.32 bits per heavy atom. The predicted molar refractivity (Wildman–Crippen MR) is 137 cm³/mol. The van der Waals surface area contributed by atoms with Crippen molar-refractivity contribution in [1.29, 1.82) is 5.41 Å². The SMILES string of the molecule is Cc1ccc(/C(O)=C2\C(=N)N(c3ccc(Cl)cc3)C3=C(C(=O)CCC3)C2c2ccccc2)cc1. The number of hydrogen-bond donors (Lipinski definition) is 2. The molecule has 1 aliphatic heterocycles. The van der Waals surface area contributed by atoms with E-state index in [-0.39, 0.29) is 17.4 Å². The zero-order valence-corrected chi connectivity index (χ0v) is 19.6. The summed E-state index contributed by atoms with van der Waals surface area (Å²) in [6.45, 7) is 1.99. The van der Waals surface area contributed by atoms with E-state index in [1.807, 2.05) is 78.6 Å². The number of allylic oxidation sites excluding steroid dienone is 2. The first-order valence-electron chi connectivity index (χ1n) is 11.4. The quantitative estimate of drug-likeness (QED) is 0.399. The predicted octanol–water partition coefficient (Wildman–Crippen LogP) is 7.21. The van der Waals surface area contributed by atoms with Crippen LogP contribution in [0.2, 0.25) is 5.02 Å². The fourth-order valence-electron chi connectivity index (χ4n) is 4.91. The highest BCUT2D eigenvalue weighted by atomic mass is 35.5. The Hall–Kier alpha value is -3.63. The molecule has 1 atom stereocenters. The lowest BCUT2D eigenvalue weighted by molar-refractivity contribution is -0.116. The summed E-state index contributed by atoms with van der Waals surface area (Å²) in [7, 11) is 0. The molecule has 1 heterocycles. The molecule has 5 heteroatoms. The first-order valence-corrected chi connectivity index (χ1v) is 11.8. The molecule has 0 fully saturated rings. The third-order valence-electron chi connectivity index (χ3n) is 6.55. The van der Waals surface area contributed by atoms with E-state index < -0.39 is 5.92 Å². The fourth-order valence-corrected chi connectivity index (χ4v) is 5.04. The highest BCUT2D eigenvalue weighted by molar-refractivity contribution is 6.30. The van der Waals surface area contributed by atoms with Crippen LogP contribution in [0.4, 0.5) is 5.69 Å². The Kier molecular flexibility index (Phi) is 5.84. The van der Waals surface area contributed by atoms with E-state index in [9.17, 15) is 15.3 Å². The van der Waals surface area contributed by atoms with Gasteiger partial charge in [0, 0.05) is 45.5 Å². The fraction of sp³-hybridized carbons (Fsp3) is 0.172. The Balaban J connectivity index is 1.81. The number of carbonyl (C=O) groups is 1. The molecule has 0 bridgehead atoms. The number of aliphatic hydroxyl groups excluding tert-OH is 1. The molecule has 3 aromatic rings. The van der Waals surface area contributed by atoms with Crippen LogP contribution >= 0.6 is 11.6 Å². The monoisotopic (exact) mass is 468 g/mol. The zero-order chi connectivity index (χ0) is 23.8. The van der Waals surface area contributed by atoms with E-state index in [1.165, 1.54) is 0 Å². The molecule has 2 aliphatic rings. The summed E-state index contributed by atoms with van der Waals surface area (Å²) < 4.78 is 0. The maximum Gasteiger partial charge on any atom is 0.161 e. The molecule has 0 saturated carbocycles.